The Bertz CT molecular complexity index is 1560. The van der Waals surface area contributed by atoms with Crippen molar-refractivity contribution in [2.45, 2.75) is 83.5 Å². The van der Waals surface area contributed by atoms with Gasteiger partial charge in [-0.05, 0) is 88.0 Å². The third-order valence-electron chi connectivity index (χ3n) is 6.74. The maximum absolute atomic E-state index is 10.1. The van der Waals surface area contributed by atoms with Gasteiger partial charge >= 0.3 is 0 Å². The molecule has 2 fully saturated rings. The number of hydrogen-bond donors (Lipinski definition) is 1. The van der Waals surface area contributed by atoms with E-state index in [-0.39, 0.29) is 33.1 Å². The topological polar surface area (TPSA) is 101 Å². The monoisotopic (exact) mass is 812 g/mol. The highest BCUT2D eigenvalue weighted by atomic mass is 35.5. The molecule has 2 aliphatic rings. The van der Waals surface area contributed by atoms with Gasteiger partial charge in [0.1, 0.15) is 22.2 Å². The van der Waals surface area contributed by atoms with Gasteiger partial charge in [0.15, 0.2) is 16.6 Å². The molecule has 2 unspecified atom stereocenters. The van der Waals surface area contributed by atoms with E-state index in [1.165, 1.54) is 6.20 Å². The largest absolute Gasteiger partial charge is 0.479 e. The number of hydrogen-bond acceptors (Lipinski definition) is 11. The Hall–Kier alpha value is -1.45. The minimum absolute atomic E-state index is 0.0196. The van der Waals surface area contributed by atoms with E-state index in [0.29, 0.717) is 52.5 Å². The molecule has 1 aromatic carbocycles. The van der Waals surface area contributed by atoms with Crippen LogP contribution in [-0.2, 0) is 23.7 Å². The van der Waals surface area contributed by atoms with Crippen LogP contribution in [0.25, 0.3) is 0 Å². The molecule has 16 heteroatoms. The summed E-state index contributed by atoms with van der Waals surface area (Å²) in [6.45, 7) is 10.2. The Kier molecular flexibility index (Phi) is 16.6. The van der Waals surface area contributed by atoms with Crippen molar-refractivity contribution in [3.8, 4) is 5.75 Å². The lowest BCUT2D eigenvalue weighted by Gasteiger charge is -2.22. The average molecular weight is 815 g/mol. The van der Waals surface area contributed by atoms with Crippen LogP contribution in [0.3, 0.4) is 0 Å². The summed E-state index contributed by atoms with van der Waals surface area (Å²) in [5.41, 5.74) is 1.43. The van der Waals surface area contributed by atoms with Crippen molar-refractivity contribution < 1.29 is 33.5 Å². The van der Waals surface area contributed by atoms with Crippen molar-refractivity contribution in [3.63, 3.8) is 0 Å². The van der Waals surface area contributed by atoms with E-state index in [2.05, 4.69) is 22.2 Å². The van der Waals surface area contributed by atoms with Crippen molar-refractivity contribution in [1.82, 2.24) is 9.97 Å². The number of nitrogens with zero attached hydrogens (tertiary/aromatic N) is 2. The number of para-hydroxylation sites is 1. The van der Waals surface area contributed by atoms with E-state index in [1.54, 1.807) is 37.4 Å². The molecule has 0 radical (unpaired) electrons. The molecule has 0 aliphatic carbocycles. The minimum atomic E-state index is -0.699. The molecule has 0 bridgehead atoms. The number of rotatable bonds is 8. The smallest absolute Gasteiger partial charge is 0.260 e. The van der Waals surface area contributed by atoms with Gasteiger partial charge in [0.2, 0.25) is 0 Å². The summed E-state index contributed by atoms with van der Waals surface area (Å²) in [5.74, 6) is -0.486. The molecule has 2 aromatic heterocycles. The summed E-state index contributed by atoms with van der Waals surface area (Å²) in [6.07, 6.45) is 2.97. The molecule has 3 aromatic rings. The predicted molar refractivity (Wildman–Crippen MR) is 200 cm³/mol. The molecular formula is C33H37Cl5N2O7S2. The fourth-order valence-electron chi connectivity index (χ4n) is 4.65. The van der Waals surface area contributed by atoms with E-state index in [1.807, 2.05) is 45.9 Å². The Morgan fingerprint density at radius 1 is 0.857 bits per heavy atom. The molecule has 0 amide bonds. The van der Waals surface area contributed by atoms with Crippen LogP contribution in [0.2, 0.25) is 20.4 Å². The van der Waals surface area contributed by atoms with E-state index < -0.39 is 17.7 Å². The van der Waals surface area contributed by atoms with E-state index in [0.717, 1.165) is 5.56 Å². The summed E-state index contributed by atoms with van der Waals surface area (Å²) in [7, 11) is 0. The third-order valence-corrected chi connectivity index (χ3v) is 8.37. The first-order valence-electron chi connectivity index (χ1n) is 15.0. The van der Waals surface area contributed by atoms with Gasteiger partial charge in [-0.1, -0.05) is 64.6 Å². The van der Waals surface area contributed by atoms with Crippen LogP contribution in [0.4, 0.5) is 0 Å². The number of aliphatic hydroxyl groups excluding tert-OH is 1. The molecule has 4 heterocycles. The van der Waals surface area contributed by atoms with Crippen molar-refractivity contribution in [2.24, 2.45) is 0 Å². The van der Waals surface area contributed by atoms with Gasteiger partial charge in [-0.3, -0.25) is 0 Å². The first kappa shape index (κ1) is 42.0. The summed E-state index contributed by atoms with van der Waals surface area (Å²) in [4.78, 5) is 7.95. The number of benzene rings is 1. The van der Waals surface area contributed by atoms with Crippen LogP contribution in [0, 0.1) is 0 Å². The van der Waals surface area contributed by atoms with Crippen molar-refractivity contribution in [2.75, 3.05) is 13.2 Å². The highest BCUT2D eigenvalue weighted by Crippen LogP contribution is 2.33. The van der Waals surface area contributed by atoms with Gasteiger partial charge in [-0.15, -0.1) is 0 Å². The average Bonchev–Trinajstić information content (AvgIpc) is 3.54. The van der Waals surface area contributed by atoms with Crippen molar-refractivity contribution >= 4 is 92.0 Å². The molecule has 268 valence electrons. The summed E-state index contributed by atoms with van der Waals surface area (Å²) >= 11 is 38.3. The second kappa shape index (κ2) is 19.4. The number of aliphatic hydroxyl groups is 1. The molecule has 5 rings (SSSR count). The Balaban J connectivity index is 0.000000211. The zero-order valence-corrected chi connectivity index (χ0v) is 32.7. The molecule has 2 saturated heterocycles. The van der Waals surface area contributed by atoms with Gasteiger partial charge in [0.05, 0.1) is 41.6 Å². The first-order valence-corrected chi connectivity index (χ1v) is 17.7. The lowest BCUT2D eigenvalue weighted by molar-refractivity contribution is -0.142. The van der Waals surface area contributed by atoms with Gasteiger partial charge in [-0.2, -0.15) is 0 Å². The van der Waals surface area contributed by atoms with Crippen LogP contribution in [0.15, 0.2) is 54.9 Å². The number of ether oxygens (including phenoxy) is 6. The van der Waals surface area contributed by atoms with Crippen LogP contribution in [0.1, 0.15) is 70.8 Å². The summed E-state index contributed by atoms with van der Waals surface area (Å²) < 4.78 is 33.1. The van der Waals surface area contributed by atoms with Gasteiger partial charge in [-0.25, -0.2) is 9.97 Å². The molecule has 2 aliphatic heterocycles. The molecule has 1 N–H and O–H groups in total. The quantitative estimate of drug-likeness (QED) is 0.134. The molecular weight excluding hydrogens is 778 g/mol. The second-order valence-electron chi connectivity index (χ2n) is 11.7. The molecule has 49 heavy (non-hydrogen) atoms. The van der Waals surface area contributed by atoms with E-state index in [9.17, 15) is 5.11 Å². The Labute approximate surface area is 322 Å². The molecule has 0 spiro atoms. The lowest BCUT2D eigenvalue weighted by atomic mass is 10.1. The van der Waals surface area contributed by atoms with Gasteiger partial charge in [0.25, 0.3) is 4.51 Å². The Morgan fingerprint density at radius 2 is 1.35 bits per heavy atom. The number of halogens is 5. The van der Waals surface area contributed by atoms with Crippen LogP contribution in [0.5, 0.6) is 5.75 Å². The fourth-order valence-corrected chi connectivity index (χ4v) is 5.50. The van der Waals surface area contributed by atoms with Crippen molar-refractivity contribution in [1.29, 1.82) is 0 Å². The Morgan fingerprint density at radius 3 is 1.80 bits per heavy atom. The van der Waals surface area contributed by atoms with Crippen LogP contribution in [-0.4, -0.2) is 61.6 Å². The predicted octanol–water partition coefficient (Wildman–Crippen LogP) is 9.89. The zero-order valence-electron chi connectivity index (χ0n) is 27.3. The number of thiocarbonyl (C=S) groups is 2. The lowest BCUT2D eigenvalue weighted by Crippen LogP contribution is -2.23. The fraction of sp³-hybridized carbons (Fsp3) is 0.455. The SMILES string of the molecule is CC(=S)OC(C[C@@H]1COC(C)(C)O1)c1cnc(Cl)c(Cl)c1.CC1(C)OC[C@@H](CC(O)c2cnc(Cl)c(Cl)c2)O1.S=C(Cl)Oc1ccccc1. The van der Waals surface area contributed by atoms with Gasteiger partial charge in [0, 0.05) is 43.3 Å². The van der Waals surface area contributed by atoms with Crippen LogP contribution < -0.4 is 4.74 Å². The normalized spacial score (nSPS) is 20.1. The summed E-state index contributed by atoms with van der Waals surface area (Å²) in [5, 5.41) is 11.7. The number of aromatic nitrogens is 2. The highest BCUT2D eigenvalue weighted by Gasteiger charge is 2.35. The van der Waals surface area contributed by atoms with Crippen LogP contribution >= 0.6 is 82.4 Å². The maximum atomic E-state index is 10.1. The number of pyridine rings is 2. The minimum Gasteiger partial charge on any atom is -0.479 e. The molecule has 0 saturated carbocycles. The second-order valence-corrected chi connectivity index (χ2v) is 14.8. The van der Waals surface area contributed by atoms with Crippen molar-refractivity contribution in [3.05, 3.63) is 86.3 Å². The summed E-state index contributed by atoms with van der Waals surface area (Å²) in [6, 6.07) is 12.5. The molecule has 9 nitrogen and oxygen atoms in total. The van der Waals surface area contributed by atoms with E-state index >= 15 is 0 Å². The highest BCUT2D eigenvalue weighted by molar-refractivity contribution is 7.82. The first-order chi connectivity index (χ1) is 22.9. The van der Waals surface area contributed by atoms with E-state index in [4.69, 9.17) is 98.6 Å². The zero-order chi connectivity index (χ0) is 36.4. The third kappa shape index (κ3) is 15.0. The maximum Gasteiger partial charge on any atom is 0.260 e. The standard InChI is InChI=1S/C14H17Cl2NO3S.C12H15Cl2NO3.C7H5ClOS/c1-8(21)19-12(5-10-7-18-14(2,3)20-10)9-4-11(15)13(16)17-6-9;1-12(2)17-6-8(18-12)4-10(16)7-3-9(13)11(14)15-5-7;8-7(10)9-6-4-2-1-3-5-6/h4,6,10,12H,5,7H2,1-3H3;3,5,8,10,16H,4,6H2,1-2H3;1-5H/t10-,12?;8-,10?;/m11./s1. The van der Waals surface area contributed by atoms with Gasteiger partial charge < -0.3 is 33.5 Å². The molecule has 4 atom stereocenters.